The van der Waals surface area contributed by atoms with Gasteiger partial charge in [-0.1, -0.05) is 43.4 Å². The molecule has 0 saturated carbocycles. The zero-order valence-corrected chi connectivity index (χ0v) is 10.1. The summed E-state index contributed by atoms with van der Waals surface area (Å²) < 4.78 is 0. The van der Waals surface area contributed by atoms with Crippen molar-refractivity contribution in [3.05, 3.63) is 0 Å². The quantitative estimate of drug-likeness (QED) is 0.419. The molecule has 0 bridgehead atoms. The molecule has 0 aromatic heterocycles. The van der Waals surface area contributed by atoms with E-state index in [1.807, 2.05) is 18.8 Å². The predicted molar refractivity (Wildman–Crippen MR) is 58.2 cm³/mol. The van der Waals surface area contributed by atoms with Crippen LogP contribution in [-0.4, -0.2) is 16.7 Å². The Morgan fingerprint density at radius 1 is 1.33 bits per heavy atom. The zero-order chi connectivity index (χ0) is 10.1. The van der Waals surface area contributed by atoms with E-state index in [0.717, 1.165) is 0 Å². The molecule has 1 unspecified atom stereocenters. The topological polar surface area (TPSA) is 46.2 Å². The number of alkyl halides is 1. The van der Waals surface area contributed by atoms with Crippen LogP contribution in [0.4, 0.5) is 0 Å². The average molecular weight is 285 g/mol. The molecule has 2 amide bonds. The lowest BCUT2D eigenvalue weighted by Gasteiger charge is -1.88. The van der Waals surface area contributed by atoms with Crippen LogP contribution in [0.1, 0.15) is 27.2 Å². The maximum Gasteiger partial charge on any atom is 0.229 e. The van der Waals surface area contributed by atoms with E-state index in [1.165, 1.54) is 0 Å². The fourth-order valence-electron chi connectivity index (χ4n) is 0.682. The number of hydrogen-bond donors (Lipinski definition) is 1. The highest BCUT2D eigenvalue weighted by atomic mass is 127. The van der Waals surface area contributed by atoms with Gasteiger partial charge in [0.25, 0.3) is 0 Å². The second-order valence-electron chi connectivity index (χ2n) is 2.02. The molecule has 1 saturated heterocycles. The molecule has 1 atom stereocenters. The monoisotopic (exact) mass is 285 g/mol. The minimum Gasteiger partial charge on any atom is -0.296 e. The Hall–Kier alpha value is -0.130. The second-order valence-corrected chi connectivity index (χ2v) is 2.02. The van der Waals surface area contributed by atoms with Crippen molar-refractivity contribution in [3.8, 4) is 0 Å². The second kappa shape index (κ2) is 8.96. The van der Waals surface area contributed by atoms with Crippen molar-refractivity contribution in [2.24, 2.45) is 5.92 Å². The summed E-state index contributed by atoms with van der Waals surface area (Å²) >= 11 is 2.15. The minimum absolute atomic E-state index is 0.109. The van der Waals surface area contributed by atoms with Crippen molar-refractivity contribution in [3.63, 3.8) is 0 Å². The molecular formula is C8H16INO2. The number of amides is 2. The summed E-state index contributed by atoms with van der Waals surface area (Å²) in [6, 6.07) is 0. The molecule has 12 heavy (non-hydrogen) atoms. The highest BCUT2D eigenvalue weighted by molar-refractivity contribution is 14.1. The van der Waals surface area contributed by atoms with Gasteiger partial charge in [-0.05, 0) is 4.93 Å². The van der Waals surface area contributed by atoms with Gasteiger partial charge in [0.2, 0.25) is 11.8 Å². The summed E-state index contributed by atoms with van der Waals surface area (Å²) in [5.74, 6) is -0.403. The predicted octanol–water partition coefficient (Wildman–Crippen LogP) is 1.75. The Morgan fingerprint density at radius 3 is 1.83 bits per heavy atom. The largest absolute Gasteiger partial charge is 0.296 e. The molecule has 0 aliphatic carbocycles. The van der Waals surface area contributed by atoms with Crippen molar-refractivity contribution < 1.29 is 9.59 Å². The molecule has 4 heteroatoms. The van der Waals surface area contributed by atoms with Crippen LogP contribution in [0.15, 0.2) is 0 Å². The van der Waals surface area contributed by atoms with Gasteiger partial charge in [-0.25, -0.2) is 0 Å². The van der Waals surface area contributed by atoms with Crippen LogP contribution in [0.25, 0.3) is 0 Å². The number of carbonyl (C=O) groups is 2. The van der Waals surface area contributed by atoms with Crippen LogP contribution in [0.5, 0.6) is 0 Å². The van der Waals surface area contributed by atoms with E-state index in [4.69, 9.17) is 0 Å². The van der Waals surface area contributed by atoms with Crippen molar-refractivity contribution >= 4 is 34.4 Å². The number of imide groups is 1. The molecule has 0 radical (unpaired) electrons. The fraction of sp³-hybridized carbons (Fsp3) is 0.750. The van der Waals surface area contributed by atoms with E-state index in [-0.39, 0.29) is 17.7 Å². The smallest absolute Gasteiger partial charge is 0.229 e. The van der Waals surface area contributed by atoms with E-state index >= 15 is 0 Å². The third-order valence-corrected chi connectivity index (χ3v) is 1.20. The van der Waals surface area contributed by atoms with Gasteiger partial charge in [0.1, 0.15) is 0 Å². The van der Waals surface area contributed by atoms with Gasteiger partial charge in [-0.15, -0.1) is 0 Å². The van der Waals surface area contributed by atoms with Crippen molar-refractivity contribution in [1.82, 2.24) is 5.32 Å². The molecule has 0 aromatic rings. The van der Waals surface area contributed by atoms with Gasteiger partial charge in [0.15, 0.2) is 0 Å². The van der Waals surface area contributed by atoms with Gasteiger partial charge in [-0.2, -0.15) is 0 Å². The highest BCUT2D eigenvalue weighted by Gasteiger charge is 2.25. The van der Waals surface area contributed by atoms with Gasteiger partial charge < -0.3 is 0 Å². The van der Waals surface area contributed by atoms with Gasteiger partial charge in [0.05, 0.1) is 0 Å². The molecule has 1 N–H and O–H groups in total. The standard InChI is InChI=1S/C5H7NO2.C2H6.CH3I/c1-3-2-4(7)6-5(3)8;2*1-2/h3H,2H2,1H3,(H,6,7,8);1-2H3;1H3. The molecule has 0 aromatic carbocycles. The van der Waals surface area contributed by atoms with Gasteiger partial charge in [-0.3, -0.25) is 14.9 Å². The summed E-state index contributed by atoms with van der Waals surface area (Å²) in [5, 5.41) is 2.19. The first-order valence-electron chi connectivity index (χ1n) is 3.91. The third kappa shape index (κ3) is 5.51. The van der Waals surface area contributed by atoms with E-state index in [9.17, 15) is 9.59 Å². The SMILES string of the molecule is CC.CC1CC(=O)NC1=O.CI. The van der Waals surface area contributed by atoms with Crippen LogP contribution >= 0.6 is 22.6 Å². The maximum atomic E-state index is 10.5. The number of carbonyl (C=O) groups excluding carboxylic acids is 2. The molecule has 1 aliphatic heterocycles. The molecule has 1 rings (SSSR count). The van der Waals surface area contributed by atoms with E-state index in [0.29, 0.717) is 6.42 Å². The summed E-state index contributed by atoms with van der Waals surface area (Å²) in [6.45, 7) is 5.74. The Balaban J connectivity index is 0. The fourth-order valence-corrected chi connectivity index (χ4v) is 0.682. The average Bonchev–Trinajstić information content (AvgIpc) is 2.37. The molecule has 1 aliphatic rings. The number of halogens is 1. The highest BCUT2D eigenvalue weighted by Crippen LogP contribution is 2.07. The Bertz CT molecular complexity index is 148. The first-order chi connectivity index (χ1) is 5.70. The zero-order valence-electron chi connectivity index (χ0n) is 7.98. The summed E-state index contributed by atoms with van der Waals surface area (Å²) in [5.41, 5.74) is 0. The lowest BCUT2D eigenvalue weighted by molar-refractivity contribution is -0.125. The molecule has 1 heterocycles. The van der Waals surface area contributed by atoms with E-state index in [2.05, 4.69) is 27.9 Å². The summed E-state index contributed by atoms with van der Waals surface area (Å²) in [7, 11) is 0. The van der Waals surface area contributed by atoms with Crippen LogP contribution in [-0.2, 0) is 9.59 Å². The molecule has 72 valence electrons. The van der Waals surface area contributed by atoms with Gasteiger partial charge in [0, 0.05) is 12.3 Å². The number of hydrogen-bond acceptors (Lipinski definition) is 2. The van der Waals surface area contributed by atoms with E-state index in [1.54, 1.807) is 6.92 Å². The van der Waals surface area contributed by atoms with Gasteiger partial charge >= 0.3 is 0 Å². The van der Waals surface area contributed by atoms with Crippen molar-refractivity contribution in [2.45, 2.75) is 27.2 Å². The molecule has 3 nitrogen and oxygen atoms in total. The van der Waals surface area contributed by atoms with Crippen LogP contribution < -0.4 is 5.32 Å². The number of nitrogens with one attached hydrogen (secondary N) is 1. The maximum absolute atomic E-state index is 10.5. The number of rotatable bonds is 0. The van der Waals surface area contributed by atoms with Crippen molar-refractivity contribution in [1.29, 1.82) is 0 Å². The minimum atomic E-state index is -0.150. The first-order valence-corrected chi connectivity index (χ1v) is 6.07. The first kappa shape index (κ1) is 14.4. The van der Waals surface area contributed by atoms with E-state index < -0.39 is 0 Å². The third-order valence-electron chi connectivity index (χ3n) is 1.20. The Labute approximate surface area is 87.4 Å². The lowest BCUT2D eigenvalue weighted by Crippen LogP contribution is -2.20. The summed E-state index contributed by atoms with van der Waals surface area (Å²) in [6.07, 6.45) is 0.360. The lowest BCUT2D eigenvalue weighted by atomic mass is 10.1. The summed E-state index contributed by atoms with van der Waals surface area (Å²) in [4.78, 5) is 22.8. The Morgan fingerprint density at radius 2 is 1.75 bits per heavy atom. The van der Waals surface area contributed by atoms with Crippen LogP contribution in [0, 0.1) is 5.92 Å². The molecular weight excluding hydrogens is 269 g/mol. The van der Waals surface area contributed by atoms with Crippen LogP contribution in [0.2, 0.25) is 0 Å². The molecule has 0 spiro atoms. The molecule has 1 fully saturated rings. The van der Waals surface area contributed by atoms with Crippen LogP contribution in [0.3, 0.4) is 0 Å². The van der Waals surface area contributed by atoms with Crippen molar-refractivity contribution in [2.75, 3.05) is 4.93 Å². The Kier molecular flexibility index (Phi) is 10.8. The normalized spacial score (nSPS) is 19.9.